The van der Waals surface area contributed by atoms with E-state index in [1.54, 1.807) is 0 Å². The fraction of sp³-hybridized carbons (Fsp3) is 0.600. The topological polar surface area (TPSA) is 58.6 Å². The Morgan fingerprint density at radius 1 is 1.16 bits per heavy atom. The number of carbonyl (C=O) groups excluding carboxylic acids is 2. The summed E-state index contributed by atoms with van der Waals surface area (Å²) >= 11 is 0. The molecule has 5 nitrogen and oxygen atoms in total. The van der Waals surface area contributed by atoms with Gasteiger partial charge in [0, 0.05) is 32.2 Å². The van der Waals surface area contributed by atoms with Crippen LogP contribution in [0.2, 0.25) is 0 Å². The summed E-state index contributed by atoms with van der Waals surface area (Å²) in [5, 5.41) is 3.02. The maximum Gasteiger partial charge on any atom is 0.226 e. The van der Waals surface area contributed by atoms with E-state index in [0.717, 1.165) is 37.9 Å². The van der Waals surface area contributed by atoms with Gasteiger partial charge >= 0.3 is 0 Å². The highest BCUT2D eigenvalue weighted by Crippen LogP contribution is 2.19. The molecule has 1 aromatic carbocycles. The van der Waals surface area contributed by atoms with Gasteiger partial charge in [0.2, 0.25) is 11.8 Å². The summed E-state index contributed by atoms with van der Waals surface area (Å²) in [6.07, 6.45) is 4.23. The number of nitrogens with zero attached hydrogens (tertiary/aromatic N) is 1. The normalized spacial score (nSPS) is 21.3. The van der Waals surface area contributed by atoms with Crippen LogP contribution in [0.15, 0.2) is 24.3 Å². The van der Waals surface area contributed by atoms with E-state index in [1.807, 2.05) is 36.1 Å². The van der Waals surface area contributed by atoms with Gasteiger partial charge in [0.15, 0.2) is 0 Å². The van der Waals surface area contributed by atoms with Crippen LogP contribution in [0, 0.1) is 12.8 Å². The number of likely N-dealkylation sites (tertiary alicyclic amines) is 1. The minimum absolute atomic E-state index is 0.0184. The smallest absolute Gasteiger partial charge is 0.226 e. The molecule has 2 saturated heterocycles. The van der Waals surface area contributed by atoms with E-state index < -0.39 is 0 Å². The van der Waals surface area contributed by atoms with Crippen LogP contribution in [0.4, 0.5) is 0 Å². The van der Waals surface area contributed by atoms with Crippen LogP contribution in [0.25, 0.3) is 0 Å². The average molecular weight is 344 g/mol. The van der Waals surface area contributed by atoms with Crippen molar-refractivity contribution in [2.24, 2.45) is 5.92 Å². The first-order chi connectivity index (χ1) is 12.1. The van der Waals surface area contributed by atoms with Crippen LogP contribution in [-0.2, 0) is 20.7 Å². The fourth-order valence-corrected chi connectivity index (χ4v) is 3.55. The Balaban J connectivity index is 1.40. The van der Waals surface area contributed by atoms with Crippen molar-refractivity contribution in [1.29, 1.82) is 0 Å². The lowest BCUT2D eigenvalue weighted by atomic mass is 9.95. The summed E-state index contributed by atoms with van der Waals surface area (Å²) in [7, 11) is 0. The highest BCUT2D eigenvalue weighted by molar-refractivity contribution is 5.81. The number of nitrogens with one attached hydrogen (secondary N) is 1. The van der Waals surface area contributed by atoms with Crippen molar-refractivity contribution in [1.82, 2.24) is 10.2 Å². The maximum atomic E-state index is 12.4. The predicted molar refractivity (Wildman–Crippen MR) is 96.2 cm³/mol. The van der Waals surface area contributed by atoms with Crippen LogP contribution in [0.1, 0.15) is 36.8 Å². The second-order valence-electron chi connectivity index (χ2n) is 7.20. The molecule has 1 N–H and O–H groups in total. The van der Waals surface area contributed by atoms with E-state index >= 15 is 0 Å². The van der Waals surface area contributed by atoms with E-state index in [9.17, 15) is 9.59 Å². The van der Waals surface area contributed by atoms with Crippen LogP contribution in [0.3, 0.4) is 0 Å². The van der Waals surface area contributed by atoms with Gasteiger partial charge in [0.1, 0.15) is 0 Å². The molecule has 0 spiro atoms. The number of carbonyl (C=O) groups is 2. The molecule has 25 heavy (non-hydrogen) atoms. The molecule has 0 radical (unpaired) electrons. The van der Waals surface area contributed by atoms with Crippen molar-refractivity contribution >= 4 is 11.8 Å². The van der Waals surface area contributed by atoms with E-state index in [1.165, 1.54) is 5.56 Å². The van der Waals surface area contributed by atoms with E-state index in [-0.39, 0.29) is 23.8 Å². The maximum absolute atomic E-state index is 12.4. The molecule has 1 aromatic rings. The number of amides is 2. The molecule has 1 atom stereocenters. The van der Waals surface area contributed by atoms with Crippen molar-refractivity contribution in [2.45, 2.75) is 45.1 Å². The van der Waals surface area contributed by atoms with Gasteiger partial charge in [-0.25, -0.2) is 0 Å². The number of hydrogen-bond donors (Lipinski definition) is 1. The molecule has 5 heteroatoms. The van der Waals surface area contributed by atoms with E-state index in [4.69, 9.17) is 4.74 Å². The van der Waals surface area contributed by atoms with Gasteiger partial charge in [0.25, 0.3) is 0 Å². The molecule has 2 fully saturated rings. The van der Waals surface area contributed by atoms with Crippen LogP contribution in [0.5, 0.6) is 0 Å². The van der Waals surface area contributed by atoms with E-state index in [0.29, 0.717) is 26.1 Å². The molecule has 136 valence electrons. The van der Waals surface area contributed by atoms with Gasteiger partial charge in [-0.1, -0.05) is 29.8 Å². The molecule has 2 heterocycles. The Morgan fingerprint density at radius 2 is 1.88 bits per heavy atom. The zero-order valence-corrected chi connectivity index (χ0v) is 15.0. The number of ether oxygens (including phenoxy) is 1. The third-order valence-electron chi connectivity index (χ3n) is 5.22. The number of piperidine rings is 1. The zero-order chi connectivity index (χ0) is 17.6. The first-order valence-electron chi connectivity index (χ1n) is 9.34. The second-order valence-corrected chi connectivity index (χ2v) is 7.20. The van der Waals surface area contributed by atoms with Crippen LogP contribution < -0.4 is 5.32 Å². The average Bonchev–Trinajstić information content (AvgIpc) is 3.15. The van der Waals surface area contributed by atoms with Crippen molar-refractivity contribution in [3.05, 3.63) is 35.4 Å². The Morgan fingerprint density at radius 3 is 2.52 bits per heavy atom. The van der Waals surface area contributed by atoms with Gasteiger partial charge < -0.3 is 15.0 Å². The molecule has 0 bridgehead atoms. The Kier molecular flexibility index (Phi) is 6.08. The lowest BCUT2D eigenvalue weighted by Gasteiger charge is -2.31. The van der Waals surface area contributed by atoms with Crippen LogP contribution in [-0.4, -0.2) is 49.1 Å². The van der Waals surface area contributed by atoms with Gasteiger partial charge in [-0.3, -0.25) is 9.59 Å². The Labute approximate surface area is 149 Å². The third-order valence-corrected chi connectivity index (χ3v) is 5.22. The molecule has 2 aliphatic rings. The highest BCUT2D eigenvalue weighted by Gasteiger charge is 2.28. The van der Waals surface area contributed by atoms with Crippen molar-refractivity contribution < 1.29 is 14.3 Å². The van der Waals surface area contributed by atoms with Gasteiger partial charge in [0.05, 0.1) is 12.5 Å². The fourth-order valence-electron chi connectivity index (χ4n) is 3.55. The summed E-state index contributed by atoms with van der Waals surface area (Å²) in [6.45, 7) is 4.80. The number of benzene rings is 1. The summed E-state index contributed by atoms with van der Waals surface area (Å²) < 4.78 is 5.54. The monoisotopic (exact) mass is 344 g/mol. The van der Waals surface area contributed by atoms with Gasteiger partial charge in [-0.2, -0.15) is 0 Å². The molecular formula is C20H28N2O3. The van der Waals surface area contributed by atoms with Gasteiger partial charge in [-0.05, 0) is 38.2 Å². The lowest BCUT2D eigenvalue weighted by molar-refractivity contribution is -0.135. The zero-order valence-electron chi connectivity index (χ0n) is 15.0. The Bertz CT molecular complexity index is 585. The molecule has 2 amide bonds. The molecular weight excluding hydrogens is 316 g/mol. The minimum Gasteiger partial charge on any atom is -0.376 e. The van der Waals surface area contributed by atoms with Crippen molar-refractivity contribution in [3.63, 3.8) is 0 Å². The summed E-state index contributed by atoms with van der Waals surface area (Å²) in [4.78, 5) is 26.6. The standard InChI is InChI=1S/C20H28N2O3/c1-15-4-6-16(7-5-15)13-19(23)22-10-8-17(9-11-22)20(24)21-14-18-3-2-12-25-18/h4-7,17-18H,2-3,8-14H2,1H3,(H,21,24). The molecule has 2 aliphatic heterocycles. The van der Waals surface area contributed by atoms with Crippen molar-refractivity contribution in [2.75, 3.05) is 26.2 Å². The Hall–Kier alpha value is -1.88. The molecule has 1 unspecified atom stereocenters. The van der Waals surface area contributed by atoms with Crippen LogP contribution >= 0.6 is 0 Å². The van der Waals surface area contributed by atoms with Gasteiger partial charge in [-0.15, -0.1) is 0 Å². The number of rotatable bonds is 5. The molecule has 0 saturated carbocycles. The van der Waals surface area contributed by atoms with Crippen molar-refractivity contribution in [3.8, 4) is 0 Å². The summed E-state index contributed by atoms with van der Waals surface area (Å²) in [5.74, 6) is 0.285. The highest BCUT2D eigenvalue weighted by atomic mass is 16.5. The number of aryl methyl sites for hydroxylation is 1. The predicted octanol–water partition coefficient (Wildman–Crippen LogP) is 2.07. The second kappa shape index (κ2) is 8.48. The first-order valence-corrected chi connectivity index (χ1v) is 9.34. The molecule has 0 aromatic heterocycles. The molecule has 0 aliphatic carbocycles. The lowest BCUT2D eigenvalue weighted by Crippen LogP contribution is -2.44. The number of hydrogen-bond acceptors (Lipinski definition) is 3. The quantitative estimate of drug-likeness (QED) is 0.890. The SMILES string of the molecule is Cc1ccc(CC(=O)N2CCC(C(=O)NCC3CCCO3)CC2)cc1. The third kappa shape index (κ3) is 5.05. The summed E-state index contributed by atoms with van der Waals surface area (Å²) in [5.41, 5.74) is 2.25. The summed E-state index contributed by atoms with van der Waals surface area (Å²) in [6, 6.07) is 8.09. The minimum atomic E-state index is 0.0184. The largest absolute Gasteiger partial charge is 0.376 e. The first kappa shape index (κ1) is 17.9. The van der Waals surface area contributed by atoms with E-state index in [2.05, 4.69) is 5.32 Å². The molecule has 3 rings (SSSR count).